The molecule has 1 amide bonds. The number of fused-ring (bicyclic) bond motifs is 2. The molecule has 2 unspecified atom stereocenters. The maximum Gasteiger partial charge on any atom is 0.269 e. The van der Waals surface area contributed by atoms with Crippen LogP contribution in [-0.4, -0.2) is 43.1 Å². The van der Waals surface area contributed by atoms with Crippen molar-refractivity contribution in [2.45, 2.75) is 24.9 Å². The van der Waals surface area contributed by atoms with E-state index in [2.05, 4.69) is 20.5 Å². The molecule has 2 saturated heterocycles. The van der Waals surface area contributed by atoms with Gasteiger partial charge in [0.05, 0.1) is 11.9 Å². The van der Waals surface area contributed by atoms with Crippen molar-refractivity contribution in [3.05, 3.63) is 24.0 Å². The third kappa shape index (κ3) is 2.82. The first-order chi connectivity index (χ1) is 8.76. The van der Waals surface area contributed by atoms with Gasteiger partial charge in [-0.25, -0.2) is 4.98 Å². The molecule has 0 saturated carbocycles. The number of halogens is 1. The van der Waals surface area contributed by atoms with E-state index >= 15 is 0 Å². The molecule has 1 aromatic heterocycles. The van der Waals surface area contributed by atoms with Gasteiger partial charge in [0.1, 0.15) is 5.69 Å². The highest BCUT2D eigenvalue weighted by molar-refractivity contribution is 5.92. The van der Waals surface area contributed by atoms with Crippen molar-refractivity contribution in [1.82, 2.24) is 15.6 Å². The molecule has 0 radical (unpaired) electrons. The first kappa shape index (κ1) is 14.1. The Balaban J connectivity index is 0.00000133. The van der Waals surface area contributed by atoms with E-state index in [1.54, 1.807) is 19.3 Å². The number of hydrogen-bond donors (Lipinski definition) is 2. The van der Waals surface area contributed by atoms with Crippen molar-refractivity contribution in [2.75, 3.05) is 25.0 Å². The molecule has 3 heterocycles. The van der Waals surface area contributed by atoms with Crippen LogP contribution in [0.3, 0.4) is 0 Å². The molecule has 5 nitrogen and oxygen atoms in total. The lowest BCUT2D eigenvalue weighted by Gasteiger charge is -2.34. The van der Waals surface area contributed by atoms with Crippen molar-refractivity contribution in [3.8, 4) is 0 Å². The van der Waals surface area contributed by atoms with Crippen LogP contribution in [0.2, 0.25) is 0 Å². The van der Waals surface area contributed by atoms with Gasteiger partial charge >= 0.3 is 0 Å². The number of anilines is 1. The van der Waals surface area contributed by atoms with Crippen LogP contribution in [0.15, 0.2) is 18.3 Å². The number of carbonyl (C=O) groups excluding carboxylic acids is 1. The minimum absolute atomic E-state index is 0. The lowest BCUT2D eigenvalue weighted by Crippen LogP contribution is -2.51. The van der Waals surface area contributed by atoms with E-state index in [4.69, 9.17) is 0 Å². The van der Waals surface area contributed by atoms with Crippen molar-refractivity contribution in [1.29, 1.82) is 0 Å². The van der Waals surface area contributed by atoms with Gasteiger partial charge in [-0.15, -0.1) is 12.4 Å². The molecular formula is C13H19ClN4O. The number of pyridine rings is 1. The topological polar surface area (TPSA) is 57.3 Å². The molecule has 0 aliphatic carbocycles. The SMILES string of the molecule is CNC(=O)c1ccc(N2CC3CCC(C2)N3)cn1.Cl. The van der Waals surface area contributed by atoms with Gasteiger partial charge in [0.25, 0.3) is 5.91 Å². The molecule has 19 heavy (non-hydrogen) atoms. The van der Waals surface area contributed by atoms with E-state index in [0.717, 1.165) is 18.8 Å². The molecule has 6 heteroatoms. The van der Waals surface area contributed by atoms with Crippen LogP contribution < -0.4 is 15.5 Å². The van der Waals surface area contributed by atoms with Gasteiger partial charge in [-0.1, -0.05) is 0 Å². The minimum atomic E-state index is -0.137. The fraction of sp³-hybridized carbons (Fsp3) is 0.538. The zero-order chi connectivity index (χ0) is 12.5. The molecule has 104 valence electrons. The molecule has 1 aromatic rings. The van der Waals surface area contributed by atoms with E-state index in [0.29, 0.717) is 17.8 Å². The molecule has 3 rings (SSSR count). The predicted octanol–water partition coefficient (Wildman–Crippen LogP) is 0.804. The number of aromatic nitrogens is 1. The van der Waals surface area contributed by atoms with Crippen LogP contribution in [0.1, 0.15) is 23.3 Å². The highest BCUT2D eigenvalue weighted by Crippen LogP contribution is 2.24. The van der Waals surface area contributed by atoms with Gasteiger partial charge in [-0.05, 0) is 25.0 Å². The molecule has 2 aliphatic heterocycles. The second-order valence-electron chi connectivity index (χ2n) is 5.02. The number of amides is 1. The molecule has 2 N–H and O–H groups in total. The van der Waals surface area contributed by atoms with Crippen molar-refractivity contribution in [3.63, 3.8) is 0 Å². The molecule has 0 aromatic carbocycles. The second kappa shape index (κ2) is 5.75. The Morgan fingerprint density at radius 3 is 2.58 bits per heavy atom. The summed E-state index contributed by atoms with van der Waals surface area (Å²) in [6, 6.07) is 5.00. The highest BCUT2D eigenvalue weighted by Gasteiger charge is 2.32. The maximum atomic E-state index is 11.4. The Labute approximate surface area is 119 Å². The molecular weight excluding hydrogens is 264 g/mol. The number of piperazine rings is 1. The third-order valence-electron chi connectivity index (χ3n) is 3.79. The normalized spacial score (nSPS) is 24.8. The van der Waals surface area contributed by atoms with E-state index < -0.39 is 0 Å². The maximum absolute atomic E-state index is 11.4. The average molecular weight is 283 g/mol. The molecule has 0 spiro atoms. The van der Waals surface area contributed by atoms with Crippen LogP contribution >= 0.6 is 12.4 Å². The summed E-state index contributed by atoms with van der Waals surface area (Å²) < 4.78 is 0. The van der Waals surface area contributed by atoms with Gasteiger partial charge in [0.15, 0.2) is 0 Å². The summed E-state index contributed by atoms with van der Waals surface area (Å²) in [5, 5.41) is 6.18. The Hall–Kier alpha value is -1.33. The summed E-state index contributed by atoms with van der Waals surface area (Å²) >= 11 is 0. The summed E-state index contributed by atoms with van der Waals surface area (Å²) in [6.45, 7) is 2.08. The number of nitrogens with one attached hydrogen (secondary N) is 2. The summed E-state index contributed by atoms with van der Waals surface area (Å²) in [6.07, 6.45) is 4.34. The standard InChI is InChI=1S/C13H18N4O.ClH/c1-14-13(18)12-5-4-11(6-15-12)17-7-9-2-3-10(8-17)16-9;/h4-6,9-10,16H,2-3,7-8H2,1H3,(H,14,18);1H. The number of rotatable bonds is 2. The van der Waals surface area contributed by atoms with Gasteiger partial charge in [-0.2, -0.15) is 0 Å². The molecule has 2 fully saturated rings. The van der Waals surface area contributed by atoms with E-state index in [1.807, 2.05) is 6.07 Å². The van der Waals surface area contributed by atoms with Crippen LogP contribution in [0.5, 0.6) is 0 Å². The smallest absolute Gasteiger partial charge is 0.269 e. The number of hydrogen-bond acceptors (Lipinski definition) is 4. The Morgan fingerprint density at radius 2 is 2.05 bits per heavy atom. The second-order valence-corrected chi connectivity index (χ2v) is 5.02. The zero-order valence-electron chi connectivity index (χ0n) is 10.9. The first-order valence-corrected chi connectivity index (χ1v) is 6.45. The van der Waals surface area contributed by atoms with Crippen LogP contribution in [0.4, 0.5) is 5.69 Å². The summed E-state index contributed by atoms with van der Waals surface area (Å²) in [5.74, 6) is -0.137. The Bertz CT molecular complexity index is 438. The Kier molecular flexibility index (Phi) is 4.27. The monoisotopic (exact) mass is 282 g/mol. The number of nitrogens with zero attached hydrogens (tertiary/aromatic N) is 2. The van der Waals surface area contributed by atoms with Crippen molar-refractivity contribution < 1.29 is 4.79 Å². The fourth-order valence-corrected chi connectivity index (χ4v) is 2.84. The minimum Gasteiger partial charge on any atom is -0.367 e. The number of carbonyl (C=O) groups is 1. The molecule has 2 bridgehead atoms. The van der Waals surface area contributed by atoms with Crippen molar-refractivity contribution in [2.24, 2.45) is 0 Å². The largest absolute Gasteiger partial charge is 0.367 e. The molecule has 2 aliphatic rings. The summed E-state index contributed by atoms with van der Waals surface area (Å²) in [5.41, 5.74) is 1.58. The first-order valence-electron chi connectivity index (χ1n) is 6.45. The zero-order valence-corrected chi connectivity index (χ0v) is 11.7. The van der Waals surface area contributed by atoms with E-state index in [-0.39, 0.29) is 18.3 Å². The van der Waals surface area contributed by atoms with Gasteiger partial charge < -0.3 is 15.5 Å². The van der Waals surface area contributed by atoms with Gasteiger partial charge in [0.2, 0.25) is 0 Å². The van der Waals surface area contributed by atoms with Crippen LogP contribution in [0.25, 0.3) is 0 Å². The third-order valence-corrected chi connectivity index (χ3v) is 3.79. The van der Waals surface area contributed by atoms with E-state index in [1.165, 1.54) is 12.8 Å². The summed E-state index contributed by atoms with van der Waals surface area (Å²) in [7, 11) is 1.62. The predicted molar refractivity (Wildman–Crippen MR) is 77.0 cm³/mol. The lowest BCUT2D eigenvalue weighted by molar-refractivity contribution is 0.0958. The van der Waals surface area contributed by atoms with Crippen LogP contribution in [0, 0.1) is 0 Å². The van der Waals surface area contributed by atoms with Crippen molar-refractivity contribution >= 4 is 24.0 Å². The average Bonchev–Trinajstić information content (AvgIpc) is 2.77. The van der Waals surface area contributed by atoms with E-state index in [9.17, 15) is 4.79 Å². The van der Waals surface area contributed by atoms with Gasteiger partial charge in [-0.3, -0.25) is 4.79 Å². The van der Waals surface area contributed by atoms with Gasteiger partial charge in [0, 0.05) is 32.2 Å². The fourth-order valence-electron chi connectivity index (χ4n) is 2.84. The lowest BCUT2D eigenvalue weighted by atomic mass is 10.2. The quantitative estimate of drug-likeness (QED) is 0.843. The summed E-state index contributed by atoms with van der Waals surface area (Å²) in [4.78, 5) is 18.0. The molecule has 2 atom stereocenters. The Morgan fingerprint density at radius 1 is 1.37 bits per heavy atom. The highest BCUT2D eigenvalue weighted by atomic mass is 35.5. The van der Waals surface area contributed by atoms with Crippen LogP contribution in [-0.2, 0) is 0 Å².